The number of hydrogen-bond acceptors (Lipinski definition) is 4. The highest BCUT2D eigenvalue weighted by Gasteiger charge is 2.07. The van der Waals surface area contributed by atoms with E-state index in [2.05, 4.69) is 9.97 Å². The van der Waals surface area contributed by atoms with Gasteiger partial charge in [0, 0.05) is 0 Å². The maximum atomic E-state index is 8.96. The van der Waals surface area contributed by atoms with E-state index >= 15 is 0 Å². The van der Waals surface area contributed by atoms with Gasteiger partial charge in [-0.05, 0) is 6.26 Å². The monoisotopic (exact) mass is 157 g/mol. The molecule has 0 bridgehead atoms. The number of aromatic amines is 1. The van der Waals surface area contributed by atoms with Crippen molar-refractivity contribution in [1.29, 1.82) is 5.41 Å². The second-order valence-electron chi connectivity index (χ2n) is 1.63. The summed E-state index contributed by atoms with van der Waals surface area (Å²) in [6, 6.07) is 0. The van der Waals surface area contributed by atoms with Crippen molar-refractivity contribution in [3.63, 3.8) is 0 Å². The molecule has 1 aromatic rings. The SMILES string of the molecule is CSC(=N)c1[nH]cnc1O. The zero-order valence-corrected chi connectivity index (χ0v) is 6.20. The quantitative estimate of drug-likeness (QED) is 0.417. The Hall–Kier alpha value is -0.970. The minimum absolute atomic E-state index is 0.112. The Morgan fingerprint density at radius 3 is 3.00 bits per heavy atom. The molecule has 0 radical (unpaired) electrons. The summed E-state index contributed by atoms with van der Waals surface area (Å²) in [5, 5.41) is 16.5. The molecule has 0 aliphatic rings. The highest BCUT2D eigenvalue weighted by molar-refractivity contribution is 8.13. The first-order valence-electron chi connectivity index (χ1n) is 2.61. The lowest BCUT2D eigenvalue weighted by atomic mass is 10.5. The van der Waals surface area contributed by atoms with Crippen LogP contribution in [-0.2, 0) is 0 Å². The van der Waals surface area contributed by atoms with E-state index in [0.717, 1.165) is 0 Å². The lowest BCUT2D eigenvalue weighted by Gasteiger charge is -1.93. The predicted octanol–water partition coefficient (Wildman–Crippen LogP) is 0.804. The summed E-state index contributed by atoms with van der Waals surface area (Å²) in [5.41, 5.74) is 0.382. The smallest absolute Gasteiger partial charge is 0.239 e. The van der Waals surface area contributed by atoms with Crippen LogP contribution in [0.25, 0.3) is 0 Å². The fourth-order valence-corrected chi connectivity index (χ4v) is 0.911. The molecular weight excluding hydrogens is 150 g/mol. The van der Waals surface area contributed by atoms with Crippen LogP contribution in [0.5, 0.6) is 5.88 Å². The summed E-state index contributed by atoms with van der Waals surface area (Å²) in [6.07, 6.45) is 3.12. The van der Waals surface area contributed by atoms with Crippen LogP contribution in [-0.4, -0.2) is 26.4 Å². The summed E-state index contributed by atoms with van der Waals surface area (Å²) >= 11 is 1.25. The van der Waals surface area contributed by atoms with Gasteiger partial charge in [-0.1, -0.05) is 0 Å². The third-order valence-corrected chi connectivity index (χ3v) is 1.66. The first-order valence-corrected chi connectivity index (χ1v) is 3.83. The third kappa shape index (κ3) is 1.13. The number of thioether (sulfide) groups is 1. The fraction of sp³-hybridized carbons (Fsp3) is 0.200. The Morgan fingerprint density at radius 2 is 2.60 bits per heavy atom. The maximum absolute atomic E-state index is 8.96. The largest absolute Gasteiger partial charge is 0.492 e. The van der Waals surface area contributed by atoms with Crippen LogP contribution in [0.2, 0.25) is 0 Å². The van der Waals surface area contributed by atoms with Crippen LogP contribution in [0, 0.1) is 5.41 Å². The second kappa shape index (κ2) is 2.74. The summed E-state index contributed by atoms with van der Waals surface area (Å²) < 4.78 is 0. The molecule has 0 saturated heterocycles. The van der Waals surface area contributed by atoms with Crippen molar-refractivity contribution < 1.29 is 5.11 Å². The average molecular weight is 157 g/mol. The zero-order valence-electron chi connectivity index (χ0n) is 5.38. The lowest BCUT2D eigenvalue weighted by molar-refractivity contribution is 0.455. The van der Waals surface area contributed by atoms with Gasteiger partial charge in [-0.25, -0.2) is 4.98 Å². The van der Waals surface area contributed by atoms with Gasteiger partial charge in [0.2, 0.25) is 5.88 Å². The Labute approximate surface area is 62.2 Å². The molecule has 0 aliphatic heterocycles. The molecule has 1 heterocycles. The Balaban J connectivity index is 2.93. The van der Waals surface area contributed by atoms with Gasteiger partial charge in [-0.3, -0.25) is 5.41 Å². The van der Waals surface area contributed by atoms with Crippen LogP contribution in [0.15, 0.2) is 6.33 Å². The van der Waals surface area contributed by atoms with Crippen LogP contribution >= 0.6 is 11.8 Å². The van der Waals surface area contributed by atoms with Gasteiger partial charge in [-0.2, -0.15) is 0 Å². The zero-order chi connectivity index (χ0) is 7.56. The molecule has 0 aromatic carbocycles. The van der Waals surface area contributed by atoms with Crippen molar-refractivity contribution in [2.45, 2.75) is 0 Å². The molecule has 0 atom stereocenters. The molecule has 1 rings (SSSR count). The minimum Gasteiger partial charge on any atom is -0.492 e. The lowest BCUT2D eigenvalue weighted by Crippen LogP contribution is -1.91. The highest BCUT2D eigenvalue weighted by atomic mass is 32.2. The number of nitrogens with one attached hydrogen (secondary N) is 2. The van der Waals surface area contributed by atoms with E-state index in [9.17, 15) is 0 Å². The molecule has 4 nitrogen and oxygen atoms in total. The van der Waals surface area contributed by atoms with Gasteiger partial charge >= 0.3 is 0 Å². The topological polar surface area (TPSA) is 72.8 Å². The van der Waals surface area contributed by atoms with Crippen LogP contribution in [0.4, 0.5) is 0 Å². The molecule has 3 N–H and O–H groups in total. The van der Waals surface area contributed by atoms with Crippen molar-refractivity contribution in [3.05, 3.63) is 12.0 Å². The standard InChI is InChI=1S/C5H7N3OS/c1-10-4(6)3-5(9)8-2-7-3/h2,6,9H,1H3,(H,7,8). The number of hydrogen-bond donors (Lipinski definition) is 3. The van der Waals surface area contributed by atoms with Gasteiger partial charge in [0.1, 0.15) is 10.7 Å². The molecule has 0 amide bonds. The van der Waals surface area contributed by atoms with Gasteiger partial charge in [0.25, 0.3) is 0 Å². The molecule has 54 valence electrons. The van der Waals surface area contributed by atoms with E-state index in [1.165, 1.54) is 18.1 Å². The molecule has 0 saturated carbocycles. The van der Waals surface area contributed by atoms with Gasteiger partial charge in [-0.15, -0.1) is 11.8 Å². The first kappa shape index (κ1) is 7.14. The number of aromatic hydroxyl groups is 1. The Bertz CT molecular complexity index is 245. The third-order valence-electron chi connectivity index (χ3n) is 1.05. The minimum atomic E-state index is -0.112. The molecule has 0 unspecified atom stereocenters. The number of aromatic nitrogens is 2. The normalized spacial score (nSPS) is 9.70. The molecular formula is C5H7N3OS. The fourth-order valence-electron chi connectivity index (χ4n) is 0.556. The van der Waals surface area contributed by atoms with E-state index in [-0.39, 0.29) is 10.9 Å². The number of H-pyrrole nitrogens is 1. The number of rotatable bonds is 1. The van der Waals surface area contributed by atoms with Gasteiger partial charge < -0.3 is 10.1 Å². The Kier molecular flexibility index (Phi) is 1.96. The Morgan fingerprint density at radius 1 is 1.90 bits per heavy atom. The average Bonchev–Trinajstić information content (AvgIpc) is 2.34. The maximum Gasteiger partial charge on any atom is 0.239 e. The van der Waals surface area contributed by atoms with Crippen molar-refractivity contribution in [1.82, 2.24) is 9.97 Å². The van der Waals surface area contributed by atoms with Crippen molar-refractivity contribution in [3.8, 4) is 5.88 Å². The summed E-state index contributed by atoms with van der Waals surface area (Å²) in [7, 11) is 0. The molecule has 10 heavy (non-hydrogen) atoms. The first-order chi connectivity index (χ1) is 4.75. The summed E-state index contributed by atoms with van der Waals surface area (Å²) in [6.45, 7) is 0. The molecule has 5 heteroatoms. The van der Waals surface area contributed by atoms with E-state index in [4.69, 9.17) is 10.5 Å². The summed E-state index contributed by atoms with van der Waals surface area (Å²) in [4.78, 5) is 6.18. The van der Waals surface area contributed by atoms with Crippen molar-refractivity contribution in [2.24, 2.45) is 0 Å². The molecule has 1 aromatic heterocycles. The van der Waals surface area contributed by atoms with E-state index in [1.54, 1.807) is 6.26 Å². The molecule has 0 spiro atoms. The molecule has 0 aliphatic carbocycles. The number of imidazole rings is 1. The van der Waals surface area contributed by atoms with E-state index in [1.807, 2.05) is 0 Å². The predicted molar refractivity (Wildman–Crippen MR) is 40.6 cm³/mol. The number of nitrogens with zero attached hydrogens (tertiary/aromatic N) is 1. The van der Waals surface area contributed by atoms with Crippen LogP contribution < -0.4 is 0 Å². The van der Waals surface area contributed by atoms with Crippen LogP contribution in [0.3, 0.4) is 0 Å². The van der Waals surface area contributed by atoms with E-state index in [0.29, 0.717) is 5.69 Å². The van der Waals surface area contributed by atoms with E-state index < -0.39 is 0 Å². The van der Waals surface area contributed by atoms with Gasteiger partial charge in [0.15, 0.2) is 0 Å². The second-order valence-corrected chi connectivity index (χ2v) is 2.45. The molecule has 0 fully saturated rings. The van der Waals surface area contributed by atoms with Crippen molar-refractivity contribution >= 4 is 16.8 Å². The van der Waals surface area contributed by atoms with Crippen LogP contribution in [0.1, 0.15) is 5.69 Å². The summed E-state index contributed by atoms with van der Waals surface area (Å²) in [5.74, 6) is -0.112. The van der Waals surface area contributed by atoms with Gasteiger partial charge in [0.05, 0.1) is 6.33 Å². The highest BCUT2D eigenvalue weighted by Crippen LogP contribution is 2.14. The van der Waals surface area contributed by atoms with Crippen molar-refractivity contribution in [2.75, 3.05) is 6.26 Å².